The lowest BCUT2D eigenvalue weighted by Gasteiger charge is -2.40. The van der Waals surface area contributed by atoms with Crippen molar-refractivity contribution in [1.29, 1.82) is 0 Å². The summed E-state index contributed by atoms with van der Waals surface area (Å²) in [6.45, 7) is 3.63. The van der Waals surface area contributed by atoms with Crippen LogP contribution in [-0.2, 0) is 14.3 Å². The van der Waals surface area contributed by atoms with Gasteiger partial charge in [-0.25, -0.2) is 0 Å². The quantitative estimate of drug-likeness (QED) is 0.0261. The SMILES string of the molecule is CC/C=C\C/C=C\C/C=C\C/C=C\C/C=C\C/C=C\CCCCCCCCCCCCCCCCCCCCCCC(=O)NC(COC1OC(CO)C(O)C(O)C1O)C(O)/C=C/CCCCCCCCC. The summed E-state index contributed by atoms with van der Waals surface area (Å²) < 4.78 is 11.2. The second kappa shape index (κ2) is 50.9. The molecule has 1 aliphatic rings. The number of carbonyl (C=O) groups is 1. The molecule has 7 atom stereocenters. The Labute approximate surface area is 435 Å². The van der Waals surface area contributed by atoms with Gasteiger partial charge >= 0.3 is 0 Å². The van der Waals surface area contributed by atoms with Crippen LogP contribution in [0.1, 0.15) is 245 Å². The van der Waals surface area contributed by atoms with Crippen LogP contribution >= 0.6 is 0 Å². The van der Waals surface area contributed by atoms with E-state index in [0.717, 1.165) is 77.0 Å². The highest BCUT2D eigenvalue weighted by Gasteiger charge is 2.44. The van der Waals surface area contributed by atoms with Crippen molar-refractivity contribution in [3.63, 3.8) is 0 Å². The number of carbonyl (C=O) groups excluding carboxylic acids is 1. The maximum absolute atomic E-state index is 13.0. The maximum atomic E-state index is 13.0. The molecule has 0 saturated carbocycles. The number of aliphatic hydroxyl groups is 5. The van der Waals surface area contributed by atoms with Crippen LogP contribution in [0.15, 0.2) is 85.1 Å². The minimum Gasteiger partial charge on any atom is -0.394 e. The lowest BCUT2D eigenvalue weighted by molar-refractivity contribution is -0.302. The van der Waals surface area contributed by atoms with E-state index >= 15 is 0 Å². The van der Waals surface area contributed by atoms with Crippen LogP contribution < -0.4 is 5.32 Å². The van der Waals surface area contributed by atoms with Crippen molar-refractivity contribution >= 4 is 5.91 Å². The van der Waals surface area contributed by atoms with Gasteiger partial charge in [0.15, 0.2) is 6.29 Å². The number of rotatable bonds is 49. The van der Waals surface area contributed by atoms with Gasteiger partial charge < -0.3 is 40.3 Å². The van der Waals surface area contributed by atoms with Gasteiger partial charge in [-0.1, -0.05) is 253 Å². The van der Waals surface area contributed by atoms with Gasteiger partial charge in [0.1, 0.15) is 24.4 Å². The molecule has 1 heterocycles. The Kier molecular flexibility index (Phi) is 47.6. The van der Waals surface area contributed by atoms with E-state index in [0.29, 0.717) is 6.42 Å². The topological polar surface area (TPSA) is 149 Å². The van der Waals surface area contributed by atoms with Crippen LogP contribution in [0.3, 0.4) is 0 Å². The number of ether oxygens (including phenoxy) is 2. The number of nitrogens with one attached hydrogen (secondary N) is 1. The van der Waals surface area contributed by atoms with Gasteiger partial charge in [0.2, 0.25) is 5.91 Å². The minimum atomic E-state index is -1.57. The van der Waals surface area contributed by atoms with E-state index in [-0.39, 0.29) is 12.5 Å². The highest BCUT2D eigenvalue weighted by atomic mass is 16.7. The molecule has 0 aliphatic carbocycles. The largest absolute Gasteiger partial charge is 0.394 e. The number of hydrogen-bond donors (Lipinski definition) is 6. The van der Waals surface area contributed by atoms with Crippen LogP contribution in [0, 0.1) is 0 Å². The third-order valence-corrected chi connectivity index (χ3v) is 13.5. The zero-order valence-corrected chi connectivity index (χ0v) is 45.5. The van der Waals surface area contributed by atoms with E-state index in [2.05, 4.69) is 92.1 Å². The number of hydrogen-bond acceptors (Lipinski definition) is 8. The standard InChI is InChI=1S/C62H109NO8/c1-3-5-7-9-11-13-14-15-16-17-18-19-20-21-22-23-24-25-26-27-28-29-30-31-32-33-34-35-36-37-38-39-40-41-42-44-46-48-50-52-58(66)63-55(56(65)51-49-47-45-43-12-10-8-6-4-2)54-70-62-61(69)60(68)59(67)57(53-64)71-62/h5,7,11,13,15-16,18-19,21-22,24-25,49,51,55-57,59-62,64-65,67-69H,3-4,6,8-10,12,14,17,20,23,26-48,50,52-54H2,1-2H3,(H,63,66)/b7-5-,13-11-,16-15-,19-18-,22-21-,25-24-,51-49+. The summed E-state index contributed by atoms with van der Waals surface area (Å²) in [6.07, 6.45) is 65.5. The normalized spacial score (nSPS) is 19.9. The highest BCUT2D eigenvalue weighted by molar-refractivity contribution is 5.76. The molecule has 0 radical (unpaired) electrons. The number of amides is 1. The second-order valence-electron chi connectivity index (χ2n) is 20.1. The van der Waals surface area contributed by atoms with E-state index in [4.69, 9.17) is 9.47 Å². The summed E-state index contributed by atoms with van der Waals surface area (Å²) in [5.74, 6) is -0.179. The van der Waals surface area contributed by atoms with Crippen molar-refractivity contribution in [2.24, 2.45) is 0 Å². The van der Waals surface area contributed by atoms with E-state index in [1.165, 1.54) is 148 Å². The van der Waals surface area contributed by atoms with Crippen LogP contribution in [-0.4, -0.2) is 87.5 Å². The zero-order valence-electron chi connectivity index (χ0n) is 45.5. The molecular formula is C62H109NO8. The van der Waals surface area contributed by atoms with Gasteiger partial charge in [0.05, 0.1) is 25.4 Å². The molecule has 1 amide bonds. The highest BCUT2D eigenvalue weighted by Crippen LogP contribution is 2.23. The molecule has 6 N–H and O–H groups in total. The minimum absolute atomic E-state index is 0.179. The smallest absolute Gasteiger partial charge is 0.220 e. The fourth-order valence-corrected chi connectivity index (χ4v) is 8.87. The van der Waals surface area contributed by atoms with Crippen molar-refractivity contribution in [3.8, 4) is 0 Å². The Morgan fingerprint density at radius 1 is 0.493 bits per heavy atom. The molecule has 9 nitrogen and oxygen atoms in total. The van der Waals surface area contributed by atoms with Crippen LogP contribution in [0.25, 0.3) is 0 Å². The van der Waals surface area contributed by atoms with E-state index < -0.39 is 49.5 Å². The molecule has 0 aromatic rings. The van der Waals surface area contributed by atoms with Crippen LogP contribution in [0.2, 0.25) is 0 Å². The molecule has 1 rings (SSSR count). The molecule has 410 valence electrons. The number of aliphatic hydroxyl groups excluding tert-OH is 5. The fraction of sp³-hybridized carbons (Fsp3) is 0.758. The van der Waals surface area contributed by atoms with Crippen molar-refractivity contribution < 1.29 is 39.8 Å². The lowest BCUT2D eigenvalue weighted by Crippen LogP contribution is -2.60. The predicted octanol–water partition coefficient (Wildman–Crippen LogP) is 14.6. The Morgan fingerprint density at radius 3 is 1.30 bits per heavy atom. The van der Waals surface area contributed by atoms with Crippen LogP contribution in [0.5, 0.6) is 0 Å². The molecule has 9 heteroatoms. The van der Waals surface area contributed by atoms with Crippen molar-refractivity contribution in [2.75, 3.05) is 13.2 Å². The first kappa shape index (κ1) is 66.4. The first-order valence-electron chi connectivity index (χ1n) is 29.3. The molecule has 1 aliphatic heterocycles. The average molecular weight is 997 g/mol. The van der Waals surface area contributed by atoms with Gasteiger partial charge in [-0.2, -0.15) is 0 Å². The van der Waals surface area contributed by atoms with E-state index in [9.17, 15) is 30.3 Å². The fourth-order valence-electron chi connectivity index (χ4n) is 8.87. The summed E-state index contributed by atoms with van der Waals surface area (Å²) >= 11 is 0. The number of unbranched alkanes of at least 4 members (excludes halogenated alkanes) is 27. The summed E-state index contributed by atoms with van der Waals surface area (Å²) in [6, 6.07) is -0.804. The molecule has 1 fully saturated rings. The molecular weight excluding hydrogens is 887 g/mol. The molecule has 1 saturated heterocycles. The molecule has 0 bridgehead atoms. The van der Waals surface area contributed by atoms with Gasteiger partial charge in [-0.3, -0.25) is 4.79 Å². The first-order valence-corrected chi connectivity index (χ1v) is 29.3. The van der Waals surface area contributed by atoms with Gasteiger partial charge in [0.25, 0.3) is 0 Å². The third kappa shape index (κ3) is 40.4. The summed E-state index contributed by atoms with van der Waals surface area (Å²) in [7, 11) is 0. The molecule has 0 spiro atoms. The average Bonchev–Trinajstić information content (AvgIpc) is 3.37. The monoisotopic (exact) mass is 996 g/mol. The first-order chi connectivity index (χ1) is 34.8. The summed E-state index contributed by atoms with van der Waals surface area (Å²) in [5, 5.41) is 54.2. The van der Waals surface area contributed by atoms with E-state index in [1.807, 2.05) is 6.08 Å². The van der Waals surface area contributed by atoms with Crippen molar-refractivity contribution in [1.82, 2.24) is 5.32 Å². The Hall–Kier alpha value is -2.63. The van der Waals surface area contributed by atoms with Crippen molar-refractivity contribution in [2.45, 2.75) is 288 Å². The number of allylic oxidation sites excluding steroid dienone is 13. The lowest BCUT2D eigenvalue weighted by atomic mass is 9.99. The molecule has 7 unspecified atom stereocenters. The maximum Gasteiger partial charge on any atom is 0.220 e. The van der Waals surface area contributed by atoms with E-state index in [1.54, 1.807) is 6.08 Å². The Morgan fingerprint density at radius 2 is 0.873 bits per heavy atom. The van der Waals surface area contributed by atoms with Gasteiger partial charge in [-0.15, -0.1) is 0 Å². The Balaban J connectivity index is 2.03. The van der Waals surface area contributed by atoms with Gasteiger partial charge in [0, 0.05) is 6.42 Å². The van der Waals surface area contributed by atoms with Gasteiger partial charge in [-0.05, 0) is 70.6 Å². The third-order valence-electron chi connectivity index (χ3n) is 13.5. The van der Waals surface area contributed by atoms with Crippen molar-refractivity contribution in [3.05, 3.63) is 85.1 Å². The predicted molar refractivity (Wildman–Crippen MR) is 299 cm³/mol. The summed E-state index contributed by atoms with van der Waals surface area (Å²) in [5.41, 5.74) is 0. The Bertz CT molecular complexity index is 1390. The zero-order chi connectivity index (χ0) is 51.5. The second-order valence-corrected chi connectivity index (χ2v) is 20.1. The summed E-state index contributed by atoms with van der Waals surface area (Å²) in [4.78, 5) is 13.0. The van der Waals surface area contributed by atoms with Crippen LogP contribution in [0.4, 0.5) is 0 Å². The molecule has 0 aromatic carbocycles. The molecule has 71 heavy (non-hydrogen) atoms. The molecule has 0 aromatic heterocycles.